The Morgan fingerprint density at radius 2 is 0.738 bits per heavy atom. The lowest BCUT2D eigenvalue weighted by Gasteiger charge is -2.38. The molecule has 4 N–H and O–H groups in total. The molecule has 0 aliphatic heterocycles. The molecular formula is C32H30F6O4. The average Bonchev–Trinajstić information content (AvgIpc) is 2.88. The van der Waals surface area contributed by atoms with Crippen molar-refractivity contribution in [2.24, 2.45) is 0 Å². The number of aryl methyl sites for hydroxylation is 2. The van der Waals surface area contributed by atoms with Crippen LogP contribution in [0.4, 0.5) is 26.3 Å². The normalized spacial score (nSPS) is 12.4. The van der Waals surface area contributed by atoms with Crippen LogP contribution in [-0.4, -0.2) is 32.8 Å². The molecule has 4 nitrogen and oxygen atoms in total. The lowest BCUT2D eigenvalue weighted by Crippen LogP contribution is -2.54. The fourth-order valence-corrected chi connectivity index (χ4v) is 4.66. The van der Waals surface area contributed by atoms with Gasteiger partial charge in [-0.25, -0.2) is 0 Å². The first-order chi connectivity index (χ1) is 19.3. The van der Waals surface area contributed by atoms with Crippen LogP contribution in [0.3, 0.4) is 0 Å². The Balaban J connectivity index is 0.000000235. The molecule has 0 fully saturated rings. The molecule has 4 rings (SSSR count). The minimum Gasteiger partial charge on any atom is -0.508 e. The third-order valence-electron chi connectivity index (χ3n) is 7.29. The second kappa shape index (κ2) is 11.5. The second-order valence-corrected chi connectivity index (χ2v) is 10.5. The van der Waals surface area contributed by atoms with E-state index in [1.807, 2.05) is 38.1 Å². The molecule has 10 heteroatoms. The molecule has 4 aromatic carbocycles. The van der Waals surface area contributed by atoms with E-state index in [4.69, 9.17) is 10.2 Å². The molecule has 0 radical (unpaired) electrons. The number of benzene rings is 4. The number of hydrogen-bond acceptors (Lipinski definition) is 4. The highest BCUT2D eigenvalue weighted by atomic mass is 19.4. The number of alkyl halides is 6. The van der Waals surface area contributed by atoms with Crippen molar-refractivity contribution in [3.8, 4) is 23.0 Å². The van der Waals surface area contributed by atoms with E-state index in [2.05, 4.69) is 13.8 Å². The van der Waals surface area contributed by atoms with Crippen LogP contribution in [0.15, 0.2) is 84.9 Å². The van der Waals surface area contributed by atoms with Crippen molar-refractivity contribution in [1.82, 2.24) is 0 Å². The van der Waals surface area contributed by atoms with Gasteiger partial charge in [0.2, 0.25) is 5.41 Å². The summed E-state index contributed by atoms with van der Waals surface area (Å²) in [6, 6.07) is 16.7. The average molecular weight is 593 g/mol. The molecule has 4 aromatic rings. The van der Waals surface area contributed by atoms with Crippen molar-refractivity contribution in [2.75, 3.05) is 0 Å². The van der Waals surface area contributed by atoms with E-state index in [9.17, 15) is 36.6 Å². The summed E-state index contributed by atoms with van der Waals surface area (Å²) in [7, 11) is 0. The number of hydrogen-bond donors (Lipinski definition) is 4. The van der Waals surface area contributed by atoms with E-state index >= 15 is 0 Å². The lowest BCUT2D eigenvalue weighted by atomic mass is 9.73. The first-order valence-corrected chi connectivity index (χ1v) is 12.6. The van der Waals surface area contributed by atoms with Gasteiger partial charge in [-0.1, -0.05) is 62.4 Å². The van der Waals surface area contributed by atoms with Gasteiger partial charge in [-0.2, -0.15) is 26.3 Å². The van der Waals surface area contributed by atoms with E-state index in [1.165, 1.54) is 0 Å². The van der Waals surface area contributed by atoms with Gasteiger partial charge < -0.3 is 20.4 Å². The maximum atomic E-state index is 13.6. The molecule has 0 saturated heterocycles. The van der Waals surface area contributed by atoms with Gasteiger partial charge in [-0.05, 0) is 83.6 Å². The zero-order valence-corrected chi connectivity index (χ0v) is 23.1. The highest BCUT2D eigenvalue weighted by Gasteiger charge is 2.72. The number of aromatic hydroxyl groups is 4. The highest BCUT2D eigenvalue weighted by molar-refractivity contribution is 5.48. The minimum absolute atomic E-state index is 0.170. The molecule has 0 unspecified atom stereocenters. The van der Waals surface area contributed by atoms with Crippen LogP contribution in [0.25, 0.3) is 0 Å². The van der Waals surface area contributed by atoms with Crippen LogP contribution in [0.5, 0.6) is 23.0 Å². The molecule has 0 spiro atoms. The van der Waals surface area contributed by atoms with E-state index in [0.29, 0.717) is 35.8 Å². The molecule has 0 aliphatic carbocycles. The molecule has 0 saturated carbocycles. The molecule has 0 amide bonds. The Morgan fingerprint density at radius 1 is 0.452 bits per heavy atom. The molecule has 0 aliphatic rings. The Morgan fingerprint density at radius 3 is 1.00 bits per heavy atom. The molecular weight excluding hydrogens is 562 g/mol. The van der Waals surface area contributed by atoms with Crippen molar-refractivity contribution in [2.45, 2.75) is 50.9 Å². The van der Waals surface area contributed by atoms with Gasteiger partial charge in [0.15, 0.2) is 0 Å². The van der Waals surface area contributed by atoms with Gasteiger partial charge in [0.25, 0.3) is 0 Å². The Labute approximate surface area is 239 Å². The van der Waals surface area contributed by atoms with Gasteiger partial charge in [0.05, 0.1) is 0 Å². The molecule has 224 valence electrons. The zero-order chi connectivity index (χ0) is 31.7. The van der Waals surface area contributed by atoms with Crippen LogP contribution < -0.4 is 0 Å². The largest absolute Gasteiger partial charge is 0.508 e. The quantitative estimate of drug-likeness (QED) is 0.179. The first kappa shape index (κ1) is 32.2. The highest BCUT2D eigenvalue weighted by Crippen LogP contribution is 2.56. The maximum absolute atomic E-state index is 13.6. The van der Waals surface area contributed by atoms with Gasteiger partial charge in [-0.3, -0.25) is 0 Å². The predicted molar refractivity (Wildman–Crippen MR) is 147 cm³/mol. The summed E-state index contributed by atoms with van der Waals surface area (Å²) in [5.74, 6) is -0.279. The van der Waals surface area contributed by atoms with Crippen molar-refractivity contribution >= 4 is 0 Å². The fraction of sp³-hybridized carbons (Fsp3) is 0.250. The van der Waals surface area contributed by atoms with Crippen LogP contribution in [0.1, 0.15) is 47.2 Å². The van der Waals surface area contributed by atoms with Crippen molar-refractivity contribution in [3.05, 3.63) is 118 Å². The summed E-state index contributed by atoms with van der Waals surface area (Å²) in [5.41, 5.74) is -2.57. The van der Waals surface area contributed by atoms with Crippen LogP contribution in [0.2, 0.25) is 0 Å². The van der Waals surface area contributed by atoms with Crippen molar-refractivity contribution in [1.29, 1.82) is 0 Å². The van der Waals surface area contributed by atoms with Gasteiger partial charge in [0.1, 0.15) is 23.0 Å². The number of phenols is 4. The number of halogens is 6. The summed E-state index contributed by atoms with van der Waals surface area (Å²) >= 11 is 0. The smallest absolute Gasteiger partial charge is 0.411 e. The summed E-state index contributed by atoms with van der Waals surface area (Å²) < 4.78 is 81.6. The molecule has 0 atom stereocenters. The zero-order valence-electron chi connectivity index (χ0n) is 23.1. The van der Waals surface area contributed by atoms with Crippen LogP contribution >= 0.6 is 0 Å². The number of rotatable bonds is 4. The monoisotopic (exact) mass is 592 g/mol. The fourth-order valence-electron chi connectivity index (χ4n) is 4.66. The lowest BCUT2D eigenvalue weighted by molar-refractivity contribution is -0.288. The SMILES string of the molecule is Cc1cc(C(C)(C)c2ccc(O)c(C)c2)ccc1O.Oc1ccc(C(c2ccc(O)cc2)(C(F)(F)F)C(F)(F)F)cc1. The molecule has 0 bridgehead atoms. The Hall–Kier alpha value is -4.34. The summed E-state index contributed by atoms with van der Waals surface area (Å²) in [6.07, 6.45) is -11.4. The third-order valence-corrected chi connectivity index (χ3v) is 7.29. The minimum atomic E-state index is -5.70. The van der Waals surface area contributed by atoms with Crippen LogP contribution in [0, 0.1) is 13.8 Å². The predicted octanol–water partition coefficient (Wildman–Crippen LogP) is 8.55. The van der Waals surface area contributed by atoms with Gasteiger partial charge >= 0.3 is 12.4 Å². The molecule has 0 heterocycles. The van der Waals surface area contributed by atoms with Gasteiger partial charge in [0, 0.05) is 5.41 Å². The molecule has 42 heavy (non-hydrogen) atoms. The van der Waals surface area contributed by atoms with E-state index < -0.39 is 40.4 Å². The summed E-state index contributed by atoms with van der Waals surface area (Å²) in [5, 5.41) is 37.5. The summed E-state index contributed by atoms with van der Waals surface area (Å²) in [6.45, 7) is 8.09. The van der Waals surface area contributed by atoms with Crippen LogP contribution in [-0.2, 0) is 10.8 Å². The first-order valence-electron chi connectivity index (χ1n) is 12.6. The van der Waals surface area contributed by atoms with E-state index in [1.54, 1.807) is 12.1 Å². The van der Waals surface area contributed by atoms with E-state index in [0.717, 1.165) is 46.5 Å². The topological polar surface area (TPSA) is 80.9 Å². The third kappa shape index (κ3) is 6.12. The van der Waals surface area contributed by atoms with Crippen molar-refractivity contribution < 1.29 is 46.8 Å². The van der Waals surface area contributed by atoms with E-state index in [-0.39, 0.29) is 5.41 Å². The standard InChI is InChI=1S/C17H20O2.C15H10F6O2/c1-11-9-13(5-7-15(11)18)17(3,4)14-6-8-16(19)12(2)10-14;16-14(17,18)13(15(19,20)21,9-1-5-11(22)6-2-9)10-3-7-12(23)8-4-10/h5-10,18-19H,1-4H3;1-8,22-23H. The number of phenolic OH excluding ortho intramolecular Hbond substituents is 4. The van der Waals surface area contributed by atoms with Gasteiger partial charge in [-0.15, -0.1) is 0 Å². The Bertz CT molecular complexity index is 1410. The Kier molecular flexibility index (Phi) is 8.81. The maximum Gasteiger partial charge on any atom is 0.411 e. The summed E-state index contributed by atoms with van der Waals surface area (Å²) in [4.78, 5) is 0. The second-order valence-electron chi connectivity index (χ2n) is 10.5. The van der Waals surface area contributed by atoms with Crippen molar-refractivity contribution in [3.63, 3.8) is 0 Å². The molecule has 0 aromatic heterocycles.